The van der Waals surface area contributed by atoms with Crippen molar-refractivity contribution >= 4 is 11.6 Å². The van der Waals surface area contributed by atoms with Crippen LogP contribution in [0.5, 0.6) is 0 Å². The van der Waals surface area contributed by atoms with Crippen LogP contribution in [0.4, 0.5) is 5.69 Å². The first-order valence-corrected chi connectivity index (χ1v) is 6.64. The van der Waals surface area contributed by atoms with Gasteiger partial charge in [0, 0.05) is 17.7 Å². The van der Waals surface area contributed by atoms with Gasteiger partial charge in [-0.1, -0.05) is 17.9 Å². The number of aliphatic hydroxyl groups is 1. The zero-order valence-electron chi connectivity index (χ0n) is 12.2. The van der Waals surface area contributed by atoms with Crippen LogP contribution in [0.25, 0.3) is 0 Å². The first kappa shape index (κ1) is 16.2. The highest BCUT2D eigenvalue weighted by Gasteiger charge is 2.05. The van der Waals surface area contributed by atoms with Gasteiger partial charge in [-0.05, 0) is 38.5 Å². The van der Waals surface area contributed by atoms with E-state index in [1.165, 1.54) is 0 Å². The molecular formula is C16H21NO3. The van der Waals surface area contributed by atoms with Crippen molar-refractivity contribution in [2.45, 2.75) is 33.3 Å². The van der Waals surface area contributed by atoms with Gasteiger partial charge in [0.25, 0.3) is 0 Å². The van der Waals surface area contributed by atoms with Crippen LogP contribution >= 0.6 is 0 Å². The third-order valence-corrected chi connectivity index (χ3v) is 2.53. The Morgan fingerprint density at radius 2 is 2.20 bits per heavy atom. The number of hydrogen-bond donors (Lipinski definition) is 2. The van der Waals surface area contributed by atoms with Crippen molar-refractivity contribution in [1.82, 2.24) is 0 Å². The Kier molecular flexibility index (Phi) is 6.78. The number of amides is 1. The predicted octanol–water partition coefficient (Wildman–Crippen LogP) is 2.09. The molecule has 0 spiro atoms. The standard InChI is InChI=1S/C16H21NO3/c1-12(2)20-11-16(19)17-15-8-7-13(3)14(10-15)6-4-5-9-18/h7-8,10,12,18H,5,9,11H2,1-3H3,(H,17,19). The highest BCUT2D eigenvalue weighted by Crippen LogP contribution is 2.14. The number of benzene rings is 1. The number of aliphatic hydroxyl groups excluding tert-OH is 1. The smallest absolute Gasteiger partial charge is 0.250 e. The summed E-state index contributed by atoms with van der Waals surface area (Å²) >= 11 is 0. The molecule has 4 nitrogen and oxygen atoms in total. The molecule has 4 heteroatoms. The molecule has 0 bridgehead atoms. The summed E-state index contributed by atoms with van der Waals surface area (Å²) in [7, 11) is 0. The summed E-state index contributed by atoms with van der Waals surface area (Å²) in [6, 6.07) is 5.56. The van der Waals surface area contributed by atoms with Gasteiger partial charge in [0.1, 0.15) is 6.61 Å². The van der Waals surface area contributed by atoms with Gasteiger partial charge in [-0.3, -0.25) is 4.79 Å². The van der Waals surface area contributed by atoms with Crippen LogP contribution in [0.15, 0.2) is 18.2 Å². The zero-order chi connectivity index (χ0) is 15.0. The molecule has 0 saturated heterocycles. The first-order chi connectivity index (χ1) is 9.52. The number of ether oxygens (including phenoxy) is 1. The van der Waals surface area contributed by atoms with Crippen molar-refractivity contribution < 1.29 is 14.6 Å². The minimum absolute atomic E-state index is 0.0266. The Hall–Kier alpha value is -1.83. The molecule has 0 fully saturated rings. The van der Waals surface area contributed by atoms with Crippen LogP contribution in [0.2, 0.25) is 0 Å². The maximum absolute atomic E-state index is 11.7. The topological polar surface area (TPSA) is 58.6 Å². The predicted molar refractivity (Wildman–Crippen MR) is 79.5 cm³/mol. The molecule has 0 atom stereocenters. The molecule has 0 aromatic heterocycles. The van der Waals surface area contributed by atoms with Gasteiger partial charge < -0.3 is 15.2 Å². The summed E-state index contributed by atoms with van der Waals surface area (Å²) in [6.45, 7) is 5.81. The minimum atomic E-state index is -0.183. The van der Waals surface area contributed by atoms with Crippen LogP contribution in [0.1, 0.15) is 31.4 Å². The van der Waals surface area contributed by atoms with Gasteiger partial charge >= 0.3 is 0 Å². The number of nitrogens with one attached hydrogen (secondary N) is 1. The maximum Gasteiger partial charge on any atom is 0.250 e. The Bertz CT molecular complexity index is 512. The molecule has 0 heterocycles. The highest BCUT2D eigenvalue weighted by atomic mass is 16.5. The fourth-order valence-corrected chi connectivity index (χ4v) is 1.49. The fourth-order valence-electron chi connectivity index (χ4n) is 1.49. The lowest BCUT2D eigenvalue weighted by Gasteiger charge is -2.09. The lowest BCUT2D eigenvalue weighted by Crippen LogP contribution is -2.20. The largest absolute Gasteiger partial charge is 0.395 e. The van der Waals surface area contributed by atoms with Crippen LogP contribution in [-0.2, 0) is 9.53 Å². The molecule has 0 aliphatic rings. The van der Waals surface area contributed by atoms with Crippen LogP contribution in [-0.4, -0.2) is 30.3 Å². The third-order valence-electron chi connectivity index (χ3n) is 2.53. The lowest BCUT2D eigenvalue weighted by atomic mass is 10.1. The Labute approximate surface area is 120 Å². The monoisotopic (exact) mass is 275 g/mol. The number of anilines is 1. The van der Waals surface area contributed by atoms with Crippen molar-refractivity contribution in [3.8, 4) is 11.8 Å². The summed E-state index contributed by atoms with van der Waals surface area (Å²) in [4.78, 5) is 11.7. The second-order valence-electron chi connectivity index (χ2n) is 4.71. The molecule has 0 aliphatic heterocycles. The molecule has 2 N–H and O–H groups in total. The van der Waals surface area contributed by atoms with E-state index in [2.05, 4.69) is 17.2 Å². The number of carbonyl (C=O) groups excluding carboxylic acids is 1. The molecular weight excluding hydrogens is 254 g/mol. The Morgan fingerprint density at radius 1 is 1.45 bits per heavy atom. The van der Waals surface area contributed by atoms with Crippen molar-refractivity contribution in [2.75, 3.05) is 18.5 Å². The Morgan fingerprint density at radius 3 is 2.85 bits per heavy atom. The zero-order valence-corrected chi connectivity index (χ0v) is 12.2. The molecule has 1 rings (SSSR count). The highest BCUT2D eigenvalue weighted by molar-refractivity contribution is 5.91. The quantitative estimate of drug-likeness (QED) is 0.809. The van der Waals surface area contributed by atoms with Crippen LogP contribution < -0.4 is 5.32 Å². The van der Waals surface area contributed by atoms with Crippen molar-refractivity contribution in [1.29, 1.82) is 0 Å². The van der Waals surface area contributed by atoms with Crippen molar-refractivity contribution in [3.63, 3.8) is 0 Å². The molecule has 0 saturated carbocycles. The fraction of sp³-hybridized carbons (Fsp3) is 0.438. The second-order valence-corrected chi connectivity index (χ2v) is 4.71. The summed E-state index contributed by atoms with van der Waals surface area (Å²) < 4.78 is 5.24. The lowest BCUT2D eigenvalue weighted by molar-refractivity contribution is -0.121. The Balaban J connectivity index is 2.70. The van der Waals surface area contributed by atoms with E-state index in [-0.39, 0.29) is 25.2 Å². The molecule has 1 aromatic rings. The summed E-state index contributed by atoms with van der Waals surface area (Å²) in [5.74, 6) is 5.68. The maximum atomic E-state index is 11.7. The summed E-state index contributed by atoms with van der Waals surface area (Å²) in [5.41, 5.74) is 2.58. The average molecular weight is 275 g/mol. The van der Waals surface area contributed by atoms with Gasteiger partial charge in [-0.15, -0.1) is 0 Å². The van der Waals surface area contributed by atoms with Gasteiger partial charge in [0.05, 0.1) is 12.7 Å². The van der Waals surface area contributed by atoms with Crippen molar-refractivity contribution in [2.24, 2.45) is 0 Å². The molecule has 0 radical (unpaired) electrons. The first-order valence-electron chi connectivity index (χ1n) is 6.64. The van der Waals surface area contributed by atoms with E-state index in [0.29, 0.717) is 12.1 Å². The molecule has 108 valence electrons. The number of aryl methyl sites for hydroxylation is 1. The van der Waals surface area contributed by atoms with E-state index >= 15 is 0 Å². The molecule has 1 amide bonds. The normalized spacial score (nSPS) is 10.1. The van der Waals surface area contributed by atoms with Gasteiger partial charge in [-0.25, -0.2) is 0 Å². The number of rotatable bonds is 5. The summed E-state index contributed by atoms with van der Waals surface area (Å²) in [6.07, 6.45) is 0.469. The van der Waals surface area contributed by atoms with E-state index in [4.69, 9.17) is 9.84 Å². The van der Waals surface area contributed by atoms with Gasteiger partial charge in [-0.2, -0.15) is 0 Å². The van der Waals surface area contributed by atoms with Crippen LogP contribution in [0.3, 0.4) is 0 Å². The molecule has 1 aromatic carbocycles. The summed E-state index contributed by atoms with van der Waals surface area (Å²) in [5, 5.41) is 11.5. The average Bonchev–Trinajstić information content (AvgIpc) is 2.40. The third kappa shape index (κ3) is 5.87. The van der Waals surface area contributed by atoms with E-state index in [0.717, 1.165) is 11.1 Å². The van der Waals surface area contributed by atoms with E-state index in [1.54, 1.807) is 0 Å². The number of hydrogen-bond acceptors (Lipinski definition) is 3. The molecule has 20 heavy (non-hydrogen) atoms. The second kappa shape index (κ2) is 8.36. The van der Waals surface area contributed by atoms with E-state index in [1.807, 2.05) is 39.0 Å². The molecule has 0 unspecified atom stereocenters. The van der Waals surface area contributed by atoms with E-state index < -0.39 is 0 Å². The van der Waals surface area contributed by atoms with E-state index in [9.17, 15) is 4.79 Å². The minimum Gasteiger partial charge on any atom is -0.395 e. The molecule has 0 aliphatic carbocycles. The van der Waals surface area contributed by atoms with Crippen molar-refractivity contribution in [3.05, 3.63) is 29.3 Å². The van der Waals surface area contributed by atoms with Gasteiger partial charge in [0.15, 0.2) is 0 Å². The van der Waals surface area contributed by atoms with Crippen LogP contribution in [0, 0.1) is 18.8 Å². The number of carbonyl (C=O) groups is 1. The van der Waals surface area contributed by atoms with Gasteiger partial charge in [0.2, 0.25) is 5.91 Å². The SMILES string of the molecule is Cc1ccc(NC(=O)COC(C)C)cc1C#CCCO.